The van der Waals surface area contributed by atoms with Crippen LogP contribution in [0.5, 0.6) is 5.75 Å². The number of fused-ring (bicyclic) bond motifs is 3. The first-order valence-corrected chi connectivity index (χ1v) is 9.13. The highest BCUT2D eigenvalue weighted by molar-refractivity contribution is 5.77. The van der Waals surface area contributed by atoms with Crippen molar-refractivity contribution in [3.63, 3.8) is 0 Å². The molecule has 0 spiro atoms. The molecule has 0 amide bonds. The van der Waals surface area contributed by atoms with Crippen LogP contribution in [0, 0.1) is 5.92 Å². The minimum Gasteiger partial charge on any atom is -0.548 e. The van der Waals surface area contributed by atoms with E-state index in [1.54, 1.807) is 11.7 Å². The summed E-state index contributed by atoms with van der Waals surface area (Å²) in [6, 6.07) is 7.47. The second-order valence-corrected chi connectivity index (χ2v) is 7.21. The van der Waals surface area contributed by atoms with Crippen molar-refractivity contribution in [1.29, 1.82) is 0 Å². The first-order chi connectivity index (χ1) is 13.8. The average molecular weight is 398 g/mol. The number of carboxylic acids is 1. The number of methoxy groups -OCH3 is 1. The predicted octanol–water partition coefficient (Wildman–Crippen LogP) is -0.557. The van der Waals surface area contributed by atoms with Gasteiger partial charge in [0.15, 0.2) is 11.2 Å². The third-order valence-corrected chi connectivity index (χ3v) is 5.11. The quantitative estimate of drug-likeness (QED) is 0.579. The third kappa shape index (κ3) is 2.96. The van der Waals surface area contributed by atoms with Crippen LogP contribution in [-0.2, 0) is 24.9 Å². The molecule has 4 rings (SSSR count). The molecule has 0 saturated carbocycles. The molecule has 152 valence electrons. The van der Waals surface area contributed by atoms with Crippen LogP contribution < -0.4 is 26.0 Å². The predicted molar refractivity (Wildman–Crippen MR) is 103 cm³/mol. The number of hydrogen-bond acceptors (Lipinski definition) is 7. The highest BCUT2D eigenvalue weighted by Crippen LogP contribution is 2.33. The van der Waals surface area contributed by atoms with Gasteiger partial charge in [-0.1, -0.05) is 6.92 Å². The molecule has 0 N–H and O–H groups in total. The SMILES string of the molecule is COc1ccc(N2C[C@@H](C)Cn3c2nc2c3c(=O)n(CC(=O)[O-])c(=O)n2C)cc1. The summed E-state index contributed by atoms with van der Waals surface area (Å²) < 4.78 is 8.83. The van der Waals surface area contributed by atoms with E-state index >= 15 is 0 Å². The van der Waals surface area contributed by atoms with Crippen molar-refractivity contribution in [2.75, 3.05) is 18.6 Å². The highest BCUT2D eigenvalue weighted by atomic mass is 16.5. The van der Waals surface area contributed by atoms with E-state index in [0.29, 0.717) is 23.6 Å². The number of carbonyl (C=O) groups is 1. The topological polar surface area (TPSA) is 114 Å². The van der Waals surface area contributed by atoms with Gasteiger partial charge in [0.05, 0.1) is 19.6 Å². The third-order valence-electron chi connectivity index (χ3n) is 5.11. The van der Waals surface area contributed by atoms with Crippen molar-refractivity contribution < 1.29 is 14.6 Å². The van der Waals surface area contributed by atoms with Crippen molar-refractivity contribution in [3.8, 4) is 5.75 Å². The highest BCUT2D eigenvalue weighted by Gasteiger charge is 2.29. The summed E-state index contributed by atoms with van der Waals surface area (Å²) in [5.41, 5.74) is -0.138. The standard InChI is InChI=1S/C19H21N5O5/c1-11-8-22(12-4-6-13(29-3)7-5-12)18-20-16-15(23(18)9-11)17(27)24(10-14(25)26)19(28)21(16)2/h4-7,11H,8-10H2,1-3H3,(H,25,26)/p-1/t11-/m1/s1. The normalized spacial score (nSPS) is 16.1. The van der Waals surface area contributed by atoms with Gasteiger partial charge >= 0.3 is 5.69 Å². The lowest BCUT2D eigenvalue weighted by molar-refractivity contribution is -0.306. The largest absolute Gasteiger partial charge is 0.548 e. The van der Waals surface area contributed by atoms with Crippen molar-refractivity contribution in [1.82, 2.24) is 18.7 Å². The summed E-state index contributed by atoms with van der Waals surface area (Å²) in [5, 5.41) is 11.0. The molecule has 0 unspecified atom stereocenters. The van der Waals surface area contributed by atoms with Gasteiger partial charge in [-0.15, -0.1) is 0 Å². The molecule has 1 aromatic carbocycles. The Hall–Kier alpha value is -3.56. The Kier molecular flexibility index (Phi) is 4.40. The maximum Gasteiger partial charge on any atom is 0.332 e. The number of aliphatic carboxylic acids is 1. The number of carboxylic acid groups (broad SMARTS) is 1. The number of aryl methyl sites for hydroxylation is 1. The van der Waals surface area contributed by atoms with E-state index in [-0.39, 0.29) is 17.1 Å². The maximum absolute atomic E-state index is 13.0. The smallest absolute Gasteiger partial charge is 0.332 e. The Labute approximate surface area is 165 Å². The zero-order chi connectivity index (χ0) is 20.9. The molecule has 0 bridgehead atoms. The fourth-order valence-electron chi connectivity index (χ4n) is 3.75. The minimum absolute atomic E-state index is 0.188. The van der Waals surface area contributed by atoms with E-state index in [2.05, 4.69) is 4.98 Å². The number of aromatic nitrogens is 4. The van der Waals surface area contributed by atoms with Crippen LogP contribution >= 0.6 is 0 Å². The molecule has 1 atom stereocenters. The Morgan fingerprint density at radius 3 is 2.55 bits per heavy atom. The van der Waals surface area contributed by atoms with Crippen LogP contribution in [0.1, 0.15) is 6.92 Å². The Balaban J connectivity index is 1.96. The van der Waals surface area contributed by atoms with Crippen LogP contribution in [-0.4, -0.2) is 38.3 Å². The zero-order valence-electron chi connectivity index (χ0n) is 16.3. The Morgan fingerprint density at radius 1 is 1.24 bits per heavy atom. The molecule has 10 nitrogen and oxygen atoms in total. The molecule has 3 aromatic rings. The van der Waals surface area contributed by atoms with Gasteiger partial charge in [0.1, 0.15) is 5.75 Å². The van der Waals surface area contributed by atoms with Crippen molar-refractivity contribution >= 4 is 28.8 Å². The van der Waals surface area contributed by atoms with Gasteiger partial charge in [0.25, 0.3) is 5.56 Å². The molecule has 1 aliphatic heterocycles. The maximum atomic E-state index is 13.0. The monoisotopic (exact) mass is 398 g/mol. The van der Waals surface area contributed by atoms with Crippen molar-refractivity contribution in [2.45, 2.75) is 20.0 Å². The molecule has 3 heterocycles. The lowest BCUT2D eigenvalue weighted by atomic mass is 10.1. The first kappa shape index (κ1) is 18.8. The van der Waals surface area contributed by atoms with E-state index < -0.39 is 23.8 Å². The number of ether oxygens (including phenoxy) is 1. The molecular formula is C19H20N5O5-. The van der Waals surface area contributed by atoms with Crippen LogP contribution in [0.4, 0.5) is 11.6 Å². The number of benzene rings is 1. The number of imidazole rings is 1. The molecular weight excluding hydrogens is 378 g/mol. The summed E-state index contributed by atoms with van der Waals surface area (Å²) >= 11 is 0. The van der Waals surface area contributed by atoms with Crippen molar-refractivity contribution in [3.05, 3.63) is 45.1 Å². The fraction of sp³-hybridized carbons (Fsp3) is 0.368. The number of nitrogens with zero attached hydrogens (tertiary/aromatic N) is 5. The summed E-state index contributed by atoms with van der Waals surface area (Å²) in [7, 11) is 3.06. The van der Waals surface area contributed by atoms with Gasteiger partial charge in [-0.3, -0.25) is 13.9 Å². The molecule has 0 saturated heterocycles. The van der Waals surface area contributed by atoms with E-state index in [0.717, 1.165) is 11.4 Å². The molecule has 2 aromatic heterocycles. The van der Waals surface area contributed by atoms with E-state index in [1.807, 2.05) is 36.1 Å². The lowest BCUT2D eigenvalue weighted by Gasteiger charge is -2.33. The second kappa shape index (κ2) is 6.80. The molecule has 0 aliphatic carbocycles. The summed E-state index contributed by atoms with van der Waals surface area (Å²) in [6.45, 7) is 2.45. The van der Waals surface area contributed by atoms with Crippen LogP contribution in [0.2, 0.25) is 0 Å². The molecule has 29 heavy (non-hydrogen) atoms. The molecule has 1 aliphatic rings. The van der Waals surface area contributed by atoms with Gasteiger partial charge in [0.2, 0.25) is 5.95 Å². The van der Waals surface area contributed by atoms with Gasteiger partial charge in [-0.25, -0.2) is 4.79 Å². The number of hydrogen-bond donors (Lipinski definition) is 0. The van der Waals surface area contributed by atoms with Gasteiger partial charge in [0, 0.05) is 25.8 Å². The van der Waals surface area contributed by atoms with Gasteiger partial charge in [-0.2, -0.15) is 4.98 Å². The fourth-order valence-corrected chi connectivity index (χ4v) is 3.75. The van der Waals surface area contributed by atoms with Crippen LogP contribution in [0.3, 0.4) is 0 Å². The molecule has 0 radical (unpaired) electrons. The average Bonchev–Trinajstić information content (AvgIpc) is 3.08. The van der Waals surface area contributed by atoms with Gasteiger partial charge in [-0.05, 0) is 30.2 Å². The van der Waals surface area contributed by atoms with E-state index in [9.17, 15) is 19.5 Å². The molecule has 0 fully saturated rings. The molecule has 10 heteroatoms. The van der Waals surface area contributed by atoms with Crippen LogP contribution in [0.25, 0.3) is 11.2 Å². The van der Waals surface area contributed by atoms with E-state index in [1.165, 1.54) is 11.6 Å². The Bertz CT molecular complexity index is 1220. The summed E-state index contributed by atoms with van der Waals surface area (Å²) in [6.07, 6.45) is 0. The number of rotatable bonds is 4. The van der Waals surface area contributed by atoms with Gasteiger partial charge < -0.3 is 24.1 Å². The first-order valence-electron chi connectivity index (χ1n) is 9.13. The summed E-state index contributed by atoms with van der Waals surface area (Å²) in [4.78, 5) is 43.0. The zero-order valence-corrected chi connectivity index (χ0v) is 16.3. The van der Waals surface area contributed by atoms with Crippen molar-refractivity contribution in [2.24, 2.45) is 13.0 Å². The summed E-state index contributed by atoms with van der Waals surface area (Å²) in [5.74, 6) is -0.0650. The Morgan fingerprint density at radius 2 is 1.93 bits per heavy atom. The lowest BCUT2D eigenvalue weighted by Crippen LogP contribution is -2.44. The van der Waals surface area contributed by atoms with Crippen LogP contribution in [0.15, 0.2) is 33.9 Å². The van der Waals surface area contributed by atoms with E-state index in [4.69, 9.17) is 4.74 Å². The number of anilines is 2. The minimum atomic E-state index is -1.50. The number of carbonyl (C=O) groups excluding carboxylic acids is 1. The second-order valence-electron chi connectivity index (χ2n) is 7.21.